The van der Waals surface area contributed by atoms with Gasteiger partial charge in [0.05, 0.1) is 12.1 Å². The average Bonchev–Trinajstić information content (AvgIpc) is 2.91. The third kappa shape index (κ3) is 10.9. The summed E-state index contributed by atoms with van der Waals surface area (Å²) in [4.78, 5) is 17.2. The summed E-state index contributed by atoms with van der Waals surface area (Å²) in [5.41, 5.74) is 1.10. The molecular weight excluding hydrogens is 442 g/mol. The van der Waals surface area contributed by atoms with Crippen molar-refractivity contribution in [2.24, 2.45) is 23.7 Å². The molecule has 36 heavy (non-hydrogen) atoms. The largest absolute Gasteiger partial charge is 0.425 e. The number of aryl methyl sites for hydroxylation is 1. The van der Waals surface area contributed by atoms with Gasteiger partial charge >= 0.3 is 5.97 Å². The smallest absolute Gasteiger partial charge is 0.314 e. The Bertz CT molecular complexity index is 699. The predicted molar refractivity (Wildman–Crippen MR) is 151 cm³/mol. The lowest BCUT2D eigenvalue weighted by Gasteiger charge is -2.31. The van der Waals surface area contributed by atoms with Crippen LogP contribution in [0.4, 0.5) is 0 Å². The minimum absolute atomic E-state index is 0.0426. The van der Waals surface area contributed by atoms with Crippen molar-refractivity contribution in [3.63, 3.8) is 0 Å². The van der Waals surface area contributed by atoms with E-state index in [4.69, 9.17) is 4.74 Å². The van der Waals surface area contributed by atoms with E-state index in [1.54, 1.807) is 6.20 Å². The summed E-state index contributed by atoms with van der Waals surface area (Å²) in [7, 11) is 0. The van der Waals surface area contributed by atoms with Gasteiger partial charge in [-0.25, -0.2) is 0 Å². The molecule has 0 aliphatic heterocycles. The maximum Gasteiger partial charge on any atom is 0.314 e. The summed E-state index contributed by atoms with van der Waals surface area (Å²) in [5, 5.41) is 0. The summed E-state index contributed by atoms with van der Waals surface area (Å²) >= 11 is 0. The van der Waals surface area contributed by atoms with Gasteiger partial charge in [-0.1, -0.05) is 110 Å². The van der Waals surface area contributed by atoms with Crippen LogP contribution in [0.15, 0.2) is 18.3 Å². The molecule has 1 aromatic heterocycles. The molecule has 0 bridgehead atoms. The lowest BCUT2D eigenvalue weighted by Crippen LogP contribution is -2.26. The number of aromatic nitrogens is 1. The van der Waals surface area contributed by atoms with Gasteiger partial charge < -0.3 is 4.74 Å². The first-order chi connectivity index (χ1) is 17.7. The summed E-state index contributed by atoms with van der Waals surface area (Å²) in [6.07, 6.45) is 29.4. The molecule has 2 aliphatic carbocycles. The molecule has 0 radical (unpaired) electrons. The van der Waals surface area contributed by atoms with E-state index in [0.717, 1.165) is 42.7 Å². The molecule has 3 rings (SSSR count). The minimum Gasteiger partial charge on any atom is -0.425 e. The number of hydrogen-bond donors (Lipinski definition) is 0. The number of ether oxygens (including phenoxy) is 1. The zero-order valence-corrected chi connectivity index (χ0v) is 23.7. The lowest BCUT2D eigenvalue weighted by molar-refractivity contribution is -0.140. The molecule has 0 unspecified atom stereocenters. The molecule has 2 saturated carbocycles. The van der Waals surface area contributed by atoms with E-state index in [9.17, 15) is 4.79 Å². The van der Waals surface area contributed by atoms with Crippen molar-refractivity contribution >= 4 is 5.97 Å². The fourth-order valence-corrected chi connectivity index (χ4v) is 6.56. The number of pyridine rings is 1. The second kappa shape index (κ2) is 17.2. The molecule has 0 aromatic carbocycles. The first kappa shape index (κ1) is 29.2. The number of carbonyl (C=O) groups excluding carboxylic acids is 1. The van der Waals surface area contributed by atoms with E-state index >= 15 is 0 Å². The van der Waals surface area contributed by atoms with E-state index in [2.05, 4.69) is 18.8 Å². The average molecular weight is 498 g/mol. The van der Waals surface area contributed by atoms with E-state index in [-0.39, 0.29) is 11.9 Å². The number of esters is 1. The quantitative estimate of drug-likeness (QED) is 0.168. The number of rotatable bonds is 16. The van der Waals surface area contributed by atoms with Crippen LogP contribution in [0.2, 0.25) is 0 Å². The van der Waals surface area contributed by atoms with E-state index in [0.29, 0.717) is 5.75 Å². The maximum absolute atomic E-state index is 12.7. The van der Waals surface area contributed by atoms with Gasteiger partial charge in [-0.2, -0.15) is 0 Å². The number of nitrogens with zero attached hydrogens (tertiary/aromatic N) is 1. The normalized spacial score (nSPS) is 24.5. The molecule has 3 heteroatoms. The van der Waals surface area contributed by atoms with Crippen LogP contribution in [0.1, 0.15) is 148 Å². The highest BCUT2D eigenvalue weighted by atomic mass is 16.5. The van der Waals surface area contributed by atoms with Crippen LogP contribution in [0.5, 0.6) is 5.75 Å². The topological polar surface area (TPSA) is 39.2 Å². The second-order valence-electron chi connectivity index (χ2n) is 12.1. The Morgan fingerprint density at radius 3 is 1.86 bits per heavy atom. The Morgan fingerprint density at radius 1 is 0.722 bits per heavy atom. The van der Waals surface area contributed by atoms with Crippen LogP contribution in [0.3, 0.4) is 0 Å². The third-order valence-electron chi connectivity index (χ3n) is 9.15. The monoisotopic (exact) mass is 497 g/mol. The van der Waals surface area contributed by atoms with Crippen molar-refractivity contribution in [3.8, 4) is 5.75 Å². The predicted octanol–water partition coefficient (Wildman–Crippen LogP) is 9.86. The van der Waals surface area contributed by atoms with Gasteiger partial charge in [-0.15, -0.1) is 0 Å². The SMILES string of the molecule is CCCCCCC[C@H]1CC[C@H](CC[C@H]2CC[C@H](C(=O)Oc3ccc(CCCCCC)nc3)CC2)CC1. The molecule has 0 saturated heterocycles. The minimum atomic E-state index is -0.0426. The van der Waals surface area contributed by atoms with E-state index < -0.39 is 0 Å². The molecule has 1 heterocycles. The highest BCUT2D eigenvalue weighted by Crippen LogP contribution is 2.38. The fourth-order valence-electron chi connectivity index (χ4n) is 6.56. The van der Waals surface area contributed by atoms with Crippen LogP contribution in [-0.2, 0) is 11.2 Å². The Balaban J connectivity index is 1.25. The highest BCUT2D eigenvalue weighted by molar-refractivity contribution is 5.75. The van der Waals surface area contributed by atoms with Crippen LogP contribution in [-0.4, -0.2) is 11.0 Å². The molecule has 0 N–H and O–H groups in total. The number of unbranched alkanes of at least 4 members (excludes halogenated alkanes) is 7. The molecular formula is C33H55NO2. The summed E-state index contributed by atoms with van der Waals surface area (Å²) in [6.45, 7) is 4.53. The van der Waals surface area contributed by atoms with Crippen molar-refractivity contribution < 1.29 is 9.53 Å². The van der Waals surface area contributed by atoms with E-state index in [1.165, 1.54) is 116 Å². The summed E-state index contributed by atoms with van der Waals surface area (Å²) < 4.78 is 5.70. The fraction of sp³-hybridized carbons (Fsp3) is 0.818. The molecule has 0 spiro atoms. The zero-order valence-electron chi connectivity index (χ0n) is 23.7. The first-order valence-electron chi connectivity index (χ1n) is 15.8. The van der Waals surface area contributed by atoms with Crippen molar-refractivity contribution in [3.05, 3.63) is 24.0 Å². The molecule has 2 aliphatic rings. The maximum atomic E-state index is 12.7. The van der Waals surface area contributed by atoms with Gasteiger partial charge in [0.1, 0.15) is 5.75 Å². The molecule has 0 atom stereocenters. The van der Waals surface area contributed by atoms with Gasteiger partial charge in [-0.05, 0) is 68.4 Å². The van der Waals surface area contributed by atoms with Gasteiger partial charge in [0.25, 0.3) is 0 Å². The molecule has 204 valence electrons. The molecule has 3 nitrogen and oxygen atoms in total. The molecule has 2 fully saturated rings. The van der Waals surface area contributed by atoms with Crippen molar-refractivity contribution in [2.75, 3.05) is 0 Å². The zero-order chi connectivity index (χ0) is 25.4. The van der Waals surface area contributed by atoms with Gasteiger partial charge in [0, 0.05) is 5.69 Å². The van der Waals surface area contributed by atoms with Crippen LogP contribution < -0.4 is 4.74 Å². The number of carbonyl (C=O) groups is 1. The van der Waals surface area contributed by atoms with Crippen LogP contribution in [0, 0.1) is 23.7 Å². The Hall–Kier alpha value is -1.38. The Morgan fingerprint density at radius 2 is 1.28 bits per heavy atom. The first-order valence-corrected chi connectivity index (χ1v) is 15.8. The van der Waals surface area contributed by atoms with Gasteiger partial charge in [-0.3, -0.25) is 9.78 Å². The van der Waals surface area contributed by atoms with Crippen molar-refractivity contribution in [2.45, 2.75) is 149 Å². The van der Waals surface area contributed by atoms with Gasteiger partial charge in [0.15, 0.2) is 0 Å². The summed E-state index contributed by atoms with van der Waals surface area (Å²) in [6, 6.07) is 3.94. The second-order valence-corrected chi connectivity index (χ2v) is 12.1. The Kier molecular flexibility index (Phi) is 13.9. The molecule has 1 aromatic rings. The Labute approximate surface area is 222 Å². The van der Waals surface area contributed by atoms with Gasteiger partial charge in [0.2, 0.25) is 0 Å². The van der Waals surface area contributed by atoms with E-state index in [1.807, 2.05) is 12.1 Å². The van der Waals surface area contributed by atoms with Crippen LogP contribution >= 0.6 is 0 Å². The number of hydrogen-bond acceptors (Lipinski definition) is 3. The van der Waals surface area contributed by atoms with Crippen molar-refractivity contribution in [1.29, 1.82) is 0 Å². The van der Waals surface area contributed by atoms with Crippen LogP contribution in [0.25, 0.3) is 0 Å². The molecule has 0 amide bonds. The standard InChI is InChI=1S/C33H55NO2/c1-3-5-7-9-10-12-27-14-16-28(17-15-27)18-19-29-20-22-30(23-21-29)33(35)36-32-25-24-31(34-26-32)13-11-8-6-4-2/h24-30H,3-23H2,1-2H3/t27-,28-,29-,30-. The summed E-state index contributed by atoms with van der Waals surface area (Å²) in [5.74, 6) is 3.43. The lowest BCUT2D eigenvalue weighted by atomic mass is 9.75. The van der Waals surface area contributed by atoms with Crippen molar-refractivity contribution in [1.82, 2.24) is 4.98 Å². The highest BCUT2D eigenvalue weighted by Gasteiger charge is 2.29. The third-order valence-corrected chi connectivity index (χ3v) is 9.15.